The Labute approximate surface area is 165 Å². The van der Waals surface area contributed by atoms with Crippen molar-refractivity contribution in [3.05, 3.63) is 51.1 Å². The van der Waals surface area contributed by atoms with Crippen molar-refractivity contribution in [2.75, 3.05) is 13.1 Å². The van der Waals surface area contributed by atoms with Crippen LogP contribution in [0.1, 0.15) is 40.6 Å². The summed E-state index contributed by atoms with van der Waals surface area (Å²) in [5, 5.41) is 9.15. The third-order valence-corrected chi connectivity index (χ3v) is 5.80. The van der Waals surface area contributed by atoms with E-state index in [0.29, 0.717) is 6.54 Å². The molecule has 3 rings (SSSR count). The number of hydrogen-bond donors (Lipinski definition) is 3. The van der Waals surface area contributed by atoms with Gasteiger partial charge in [-0.1, -0.05) is 25.1 Å². The van der Waals surface area contributed by atoms with Crippen LogP contribution in [0.15, 0.2) is 29.4 Å². The third kappa shape index (κ3) is 4.69. The fraction of sp³-hybridized carbons (Fsp3) is 0.429. The summed E-state index contributed by atoms with van der Waals surface area (Å²) in [6.07, 6.45) is 4.13. The van der Waals surface area contributed by atoms with Crippen molar-refractivity contribution in [1.29, 1.82) is 0 Å². The molecule has 3 N–H and O–H groups in total. The molecule has 0 aliphatic heterocycles. The highest BCUT2D eigenvalue weighted by Crippen LogP contribution is 2.22. The van der Waals surface area contributed by atoms with Crippen LogP contribution in [-0.4, -0.2) is 29.0 Å². The highest BCUT2D eigenvalue weighted by atomic mass is 32.1. The number of nitrogens with one attached hydrogen (secondary N) is 3. The number of guanidine groups is 1. The van der Waals surface area contributed by atoms with E-state index in [4.69, 9.17) is 0 Å². The predicted octanol–water partition coefficient (Wildman–Crippen LogP) is 4.10. The lowest BCUT2D eigenvalue weighted by Gasteiger charge is -2.10. The first-order valence-corrected chi connectivity index (χ1v) is 10.5. The van der Waals surface area contributed by atoms with E-state index in [-0.39, 0.29) is 0 Å². The molecule has 0 saturated heterocycles. The first kappa shape index (κ1) is 19.4. The zero-order chi connectivity index (χ0) is 19.2. The van der Waals surface area contributed by atoms with Gasteiger partial charge in [0.1, 0.15) is 5.01 Å². The lowest BCUT2D eigenvalue weighted by atomic mass is 10.1. The highest BCUT2D eigenvalue weighted by Gasteiger charge is 2.07. The largest absolute Gasteiger partial charge is 0.361 e. The normalized spacial score (nSPS) is 11.9. The molecule has 144 valence electrons. The van der Waals surface area contributed by atoms with Gasteiger partial charge in [-0.15, -0.1) is 11.3 Å². The zero-order valence-corrected chi connectivity index (χ0v) is 17.5. The second kappa shape index (κ2) is 9.04. The van der Waals surface area contributed by atoms with Gasteiger partial charge in [-0.2, -0.15) is 0 Å². The maximum Gasteiger partial charge on any atom is 0.191 e. The number of nitrogens with zero attached hydrogens (tertiary/aromatic N) is 2. The Morgan fingerprint density at radius 3 is 2.74 bits per heavy atom. The fourth-order valence-corrected chi connectivity index (χ4v) is 4.05. The Balaban J connectivity index is 1.62. The summed E-state index contributed by atoms with van der Waals surface area (Å²) < 4.78 is 0. The molecular weight excluding hydrogens is 354 g/mol. The van der Waals surface area contributed by atoms with Gasteiger partial charge >= 0.3 is 0 Å². The van der Waals surface area contributed by atoms with E-state index >= 15 is 0 Å². The SMILES string of the molecule is CCNC(=NCc1nc(C)c(C)s1)NCCc1c[nH]c2c(CC)cccc12. The van der Waals surface area contributed by atoms with Gasteiger partial charge in [-0.3, -0.25) is 0 Å². The molecule has 2 aromatic heterocycles. The summed E-state index contributed by atoms with van der Waals surface area (Å²) in [5.74, 6) is 0.845. The van der Waals surface area contributed by atoms with Crippen LogP contribution < -0.4 is 10.6 Å². The van der Waals surface area contributed by atoms with E-state index < -0.39 is 0 Å². The van der Waals surface area contributed by atoms with E-state index in [1.165, 1.54) is 26.9 Å². The molecule has 2 heterocycles. The number of benzene rings is 1. The van der Waals surface area contributed by atoms with Gasteiger partial charge in [-0.05, 0) is 44.7 Å². The Morgan fingerprint density at radius 1 is 1.19 bits per heavy atom. The zero-order valence-electron chi connectivity index (χ0n) is 16.6. The standard InChI is InChI=1S/C21H29N5S/c1-5-16-8-7-9-18-17(12-24-20(16)18)10-11-23-21(22-6-2)25-13-19-26-14(3)15(4)27-19/h7-9,12,24H,5-6,10-11,13H2,1-4H3,(H2,22,23,25). The molecule has 6 heteroatoms. The summed E-state index contributed by atoms with van der Waals surface area (Å²) in [4.78, 5) is 14.0. The number of aromatic amines is 1. The minimum Gasteiger partial charge on any atom is -0.361 e. The molecule has 27 heavy (non-hydrogen) atoms. The van der Waals surface area contributed by atoms with Crippen molar-refractivity contribution < 1.29 is 0 Å². The van der Waals surface area contributed by atoms with Crippen LogP contribution in [0.2, 0.25) is 0 Å². The molecule has 0 bridgehead atoms. The first-order valence-electron chi connectivity index (χ1n) is 9.65. The Morgan fingerprint density at radius 2 is 2.04 bits per heavy atom. The molecule has 1 aromatic carbocycles. The number of para-hydroxylation sites is 1. The Kier molecular flexibility index (Phi) is 6.50. The molecule has 5 nitrogen and oxygen atoms in total. The van der Waals surface area contributed by atoms with Crippen LogP contribution in [0.3, 0.4) is 0 Å². The molecule has 0 fully saturated rings. The molecular formula is C21H29N5S. The van der Waals surface area contributed by atoms with E-state index in [9.17, 15) is 0 Å². The topological polar surface area (TPSA) is 65.1 Å². The predicted molar refractivity (Wildman–Crippen MR) is 116 cm³/mol. The van der Waals surface area contributed by atoms with E-state index in [1.807, 2.05) is 6.92 Å². The van der Waals surface area contributed by atoms with E-state index in [0.717, 1.165) is 42.6 Å². The molecule has 0 radical (unpaired) electrons. The average Bonchev–Trinajstić information content (AvgIpc) is 3.22. The maximum absolute atomic E-state index is 4.68. The minimum atomic E-state index is 0.613. The summed E-state index contributed by atoms with van der Waals surface area (Å²) in [6.45, 7) is 10.7. The Hall–Kier alpha value is -2.34. The van der Waals surface area contributed by atoms with Crippen LogP contribution >= 0.6 is 11.3 Å². The number of aryl methyl sites for hydroxylation is 3. The molecule has 0 aliphatic carbocycles. The number of hydrogen-bond acceptors (Lipinski definition) is 3. The van der Waals surface area contributed by atoms with Crippen molar-refractivity contribution in [3.63, 3.8) is 0 Å². The van der Waals surface area contributed by atoms with Crippen molar-refractivity contribution in [2.24, 2.45) is 4.99 Å². The number of rotatable bonds is 7. The quantitative estimate of drug-likeness (QED) is 0.425. The van der Waals surface area contributed by atoms with Gasteiger partial charge in [0.25, 0.3) is 0 Å². The van der Waals surface area contributed by atoms with Crippen molar-refractivity contribution >= 4 is 28.2 Å². The van der Waals surface area contributed by atoms with Gasteiger partial charge in [-0.25, -0.2) is 9.98 Å². The number of aliphatic imine (C=N–C) groups is 1. The second-order valence-corrected chi connectivity index (χ2v) is 7.92. The number of fused-ring (bicyclic) bond motifs is 1. The van der Waals surface area contributed by atoms with Crippen LogP contribution in [0.4, 0.5) is 0 Å². The summed E-state index contributed by atoms with van der Waals surface area (Å²) >= 11 is 1.72. The second-order valence-electron chi connectivity index (χ2n) is 6.63. The molecule has 0 amide bonds. The summed E-state index contributed by atoms with van der Waals surface area (Å²) in [7, 11) is 0. The molecule has 0 atom stereocenters. The number of aromatic nitrogens is 2. The molecule has 0 spiro atoms. The van der Waals surface area contributed by atoms with Crippen LogP contribution in [0.5, 0.6) is 0 Å². The fourth-order valence-electron chi connectivity index (χ4n) is 3.19. The van der Waals surface area contributed by atoms with Gasteiger partial charge in [0.15, 0.2) is 5.96 Å². The van der Waals surface area contributed by atoms with Crippen LogP contribution in [-0.2, 0) is 19.4 Å². The smallest absolute Gasteiger partial charge is 0.191 e. The van der Waals surface area contributed by atoms with Crippen molar-refractivity contribution in [2.45, 2.75) is 47.1 Å². The monoisotopic (exact) mass is 383 g/mol. The van der Waals surface area contributed by atoms with E-state index in [2.05, 4.69) is 70.8 Å². The van der Waals surface area contributed by atoms with Crippen molar-refractivity contribution in [3.8, 4) is 0 Å². The van der Waals surface area contributed by atoms with Crippen molar-refractivity contribution in [1.82, 2.24) is 20.6 Å². The number of thiazole rings is 1. The third-order valence-electron chi connectivity index (χ3n) is 4.74. The van der Waals surface area contributed by atoms with Crippen LogP contribution in [0.25, 0.3) is 10.9 Å². The summed E-state index contributed by atoms with van der Waals surface area (Å²) in [6, 6.07) is 6.54. The van der Waals surface area contributed by atoms with Gasteiger partial charge in [0.2, 0.25) is 0 Å². The molecule has 3 aromatic rings. The number of H-pyrrole nitrogens is 1. The maximum atomic E-state index is 4.68. The molecule has 0 aliphatic rings. The van der Waals surface area contributed by atoms with Gasteiger partial charge in [0, 0.05) is 35.1 Å². The van der Waals surface area contributed by atoms with Crippen LogP contribution in [0, 0.1) is 13.8 Å². The average molecular weight is 384 g/mol. The lowest BCUT2D eigenvalue weighted by Crippen LogP contribution is -2.38. The molecule has 0 saturated carbocycles. The molecule has 0 unspecified atom stereocenters. The van der Waals surface area contributed by atoms with Gasteiger partial charge < -0.3 is 15.6 Å². The van der Waals surface area contributed by atoms with Gasteiger partial charge in [0.05, 0.1) is 12.2 Å². The lowest BCUT2D eigenvalue weighted by molar-refractivity contribution is 0.800. The first-order chi connectivity index (χ1) is 13.1. The minimum absolute atomic E-state index is 0.613. The van der Waals surface area contributed by atoms with E-state index in [1.54, 1.807) is 11.3 Å². The summed E-state index contributed by atoms with van der Waals surface area (Å²) in [5.41, 5.74) is 5.09. The Bertz CT molecular complexity index is 902. The highest BCUT2D eigenvalue weighted by molar-refractivity contribution is 7.11.